The van der Waals surface area contributed by atoms with Gasteiger partial charge in [-0.25, -0.2) is 14.4 Å². The van der Waals surface area contributed by atoms with Crippen LogP contribution in [0.4, 0.5) is 13.2 Å². The molecule has 0 aliphatic heterocycles. The molecule has 0 spiro atoms. The Morgan fingerprint density at radius 3 is 2.36 bits per heavy atom. The van der Waals surface area contributed by atoms with Crippen molar-refractivity contribution < 1.29 is 22.7 Å². The van der Waals surface area contributed by atoms with Gasteiger partial charge in [0, 0.05) is 6.20 Å². The summed E-state index contributed by atoms with van der Waals surface area (Å²) in [6.07, 6.45) is -3.59. The Kier molecular flexibility index (Phi) is 6.21. The van der Waals surface area contributed by atoms with Gasteiger partial charge in [-0.15, -0.1) is 0 Å². The summed E-state index contributed by atoms with van der Waals surface area (Å²) in [6.45, 7) is 3.89. The van der Waals surface area contributed by atoms with Crippen LogP contribution in [0.15, 0.2) is 50.9 Å². The molecule has 0 unspecified atom stereocenters. The summed E-state index contributed by atoms with van der Waals surface area (Å²) in [5.74, 6) is -0.987. The van der Waals surface area contributed by atoms with Crippen LogP contribution in [0.1, 0.15) is 39.5 Å². The maximum absolute atomic E-state index is 13.5. The predicted molar refractivity (Wildman–Crippen MR) is 125 cm³/mol. The largest absolute Gasteiger partial charge is 0.462 e. The summed E-state index contributed by atoms with van der Waals surface area (Å²) in [5, 5.41) is 0. The third kappa shape index (κ3) is 4.37. The number of H-pyrrole nitrogens is 2. The van der Waals surface area contributed by atoms with E-state index in [1.54, 1.807) is 19.9 Å². The SMILES string of the molecule is CCOC(=O)c1cn(-c2cc3[nH]c(=O)[nH]c3cc2C)c(=O)n(Cc2cccc(C(F)(F)F)c2C)c1=O. The van der Waals surface area contributed by atoms with Gasteiger partial charge in [-0.05, 0) is 55.7 Å². The normalized spacial score (nSPS) is 11.7. The second-order valence-corrected chi connectivity index (χ2v) is 8.16. The van der Waals surface area contributed by atoms with Gasteiger partial charge in [0.1, 0.15) is 5.56 Å². The minimum Gasteiger partial charge on any atom is -0.462 e. The first kappa shape index (κ1) is 24.8. The van der Waals surface area contributed by atoms with Crippen molar-refractivity contribution in [1.29, 1.82) is 0 Å². The van der Waals surface area contributed by atoms with Gasteiger partial charge in [0.15, 0.2) is 0 Å². The number of aromatic nitrogens is 4. The van der Waals surface area contributed by atoms with E-state index in [2.05, 4.69) is 9.97 Å². The third-order valence-corrected chi connectivity index (χ3v) is 5.84. The molecule has 2 aromatic heterocycles. The Bertz CT molecular complexity index is 1670. The molecule has 0 saturated carbocycles. The lowest BCUT2D eigenvalue weighted by atomic mass is 10.0. The van der Waals surface area contributed by atoms with Crippen molar-refractivity contribution in [1.82, 2.24) is 19.1 Å². The van der Waals surface area contributed by atoms with Crippen molar-refractivity contribution in [3.63, 3.8) is 0 Å². The molecule has 0 bridgehead atoms. The first-order valence-electron chi connectivity index (χ1n) is 10.8. The molecule has 4 rings (SSSR count). The molecule has 0 fully saturated rings. The number of aromatic amines is 2. The highest BCUT2D eigenvalue weighted by Gasteiger charge is 2.33. The van der Waals surface area contributed by atoms with Crippen LogP contribution in [0.25, 0.3) is 16.7 Å². The number of hydrogen-bond acceptors (Lipinski definition) is 5. The van der Waals surface area contributed by atoms with E-state index in [1.807, 2.05) is 0 Å². The summed E-state index contributed by atoms with van der Waals surface area (Å²) in [7, 11) is 0. The molecule has 0 saturated heterocycles. The van der Waals surface area contributed by atoms with Crippen molar-refractivity contribution in [2.45, 2.75) is 33.5 Å². The van der Waals surface area contributed by atoms with E-state index in [0.29, 0.717) is 21.2 Å². The number of carbonyl (C=O) groups is 1. The first-order valence-corrected chi connectivity index (χ1v) is 10.8. The summed E-state index contributed by atoms with van der Waals surface area (Å²) >= 11 is 0. The van der Waals surface area contributed by atoms with Crippen LogP contribution in [-0.2, 0) is 17.5 Å². The number of fused-ring (bicyclic) bond motifs is 1. The van der Waals surface area contributed by atoms with E-state index < -0.39 is 46.8 Å². The molecule has 0 atom stereocenters. The van der Waals surface area contributed by atoms with Gasteiger partial charge in [0.2, 0.25) is 0 Å². The van der Waals surface area contributed by atoms with E-state index >= 15 is 0 Å². The lowest BCUT2D eigenvalue weighted by Gasteiger charge is -2.17. The second kappa shape index (κ2) is 9.02. The van der Waals surface area contributed by atoms with Crippen molar-refractivity contribution in [2.75, 3.05) is 6.61 Å². The zero-order valence-electron chi connectivity index (χ0n) is 19.4. The number of nitrogens with one attached hydrogen (secondary N) is 2. The maximum Gasteiger partial charge on any atom is 0.416 e. The fourth-order valence-electron chi connectivity index (χ4n) is 4.03. The highest BCUT2D eigenvalue weighted by atomic mass is 19.4. The number of benzene rings is 2. The van der Waals surface area contributed by atoms with Gasteiger partial charge in [-0.3, -0.25) is 13.9 Å². The lowest BCUT2D eigenvalue weighted by molar-refractivity contribution is -0.138. The smallest absolute Gasteiger partial charge is 0.416 e. The Morgan fingerprint density at radius 2 is 1.72 bits per heavy atom. The fraction of sp³-hybridized carbons (Fsp3) is 0.250. The summed E-state index contributed by atoms with van der Waals surface area (Å²) in [4.78, 5) is 56.1. The molecule has 4 aromatic rings. The molecule has 2 aromatic carbocycles. The van der Waals surface area contributed by atoms with E-state index in [-0.39, 0.29) is 23.4 Å². The maximum atomic E-state index is 13.5. The molecule has 2 heterocycles. The minimum atomic E-state index is -4.63. The van der Waals surface area contributed by atoms with Gasteiger partial charge in [0.05, 0.1) is 35.4 Å². The molecule has 0 aliphatic rings. The highest BCUT2D eigenvalue weighted by Crippen LogP contribution is 2.33. The molecule has 9 nitrogen and oxygen atoms in total. The van der Waals surface area contributed by atoms with Gasteiger partial charge in [-0.1, -0.05) is 12.1 Å². The zero-order valence-corrected chi connectivity index (χ0v) is 19.4. The quantitative estimate of drug-likeness (QED) is 0.407. The van der Waals surface area contributed by atoms with Crippen molar-refractivity contribution in [2.24, 2.45) is 0 Å². The standard InChI is InChI=1S/C24H21F3N4O5/c1-4-36-21(33)15-11-30(19-9-18-17(8-12(19)2)28-22(34)29-18)23(35)31(20(15)32)10-14-6-5-7-16(13(14)3)24(25,26)27/h5-9,11H,4,10H2,1-3H3,(H2,28,29,34). The molecule has 0 amide bonds. The van der Waals surface area contributed by atoms with Gasteiger partial charge in [-0.2, -0.15) is 13.2 Å². The Hall–Kier alpha value is -4.35. The number of aryl methyl sites for hydroxylation is 1. The van der Waals surface area contributed by atoms with Crippen molar-refractivity contribution in [3.05, 3.63) is 95.7 Å². The Labute approximate surface area is 200 Å². The number of alkyl halides is 3. The van der Waals surface area contributed by atoms with E-state index in [4.69, 9.17) is 4.74 Å². The Balaban J connectivity index is 1.98. The van der Waals surface area contributed by atoms with E-state index in [9.17, 15) is 32.3 Å². The van der Waals surface area contributed by atoms with Gasteiger partial charge < -0.3 is 14.7 Å². The highest BCUT2D eigenvalue weighted by molar-refractivity contribution is 5.88. The number of esters is 1. The minimum absolute atomic E-state index is 0.0420. The van der Waals surface area contributed by atoms with Crippen LogP contribution >= 0.6 is 0 Å². The molecule has 188 valence electrons. The fourth-order valence-corrected chi connectivity index (χ4v) is 4.03. The number of ether oxygens (including phenoxy) is 1. The topological polar surface area (TPSA) is 119 Å². The first-order chi connectivity index (χ1) is 16.9. The van der Waals surface area contributed by atoms with Crippen LogP contribution in [0, 0.1) is 13.8 Å². The molecular formula is C24H21F3N4O5. The lowest BCUT2D eigenvalue weighted by Crippen LogP contribution is -2.42. The number of carbonyl (C=O) groups excluding carboxylic acids is 1. The van der Waals surface area contributed by atoms with Gasteiger partial charge in [0.25, 0.3) is 5.56 Å². The second-order valence-electron chi connectivity index (χ2n) is 8.16. The number of hydrogen-bond donors (Lipinski definition) is 2. The predicted octanol–water partition coefficient (Wildman–Crippen LogP) is 3.03. The molecule has 0 radical (unpaired) electrons. The monoisotopic (exact) mass is 502 g/mol. The number of imidazole rings is 1. The Morgan fingerprint density at radius 1 is 1.06 bits per heavy atom. The average molecular weight is 502 g/mol. The third-order valence-electron chi connectivity index (χ3n) is 5.84. The van der Waals surface area contributed by atoms with Crippen LogP contribution in [0.3, 0.4) is 0 Å². The number of nitrogens with zero attached hydrogens (tertiary/aromatic N) is 2. The van der Waals surface area contributed by atoms with E-state index in [1.165, 1.54) is 25.1 Å². The summed E-state index contributed by atoms with van der Waals surface area (Å²) < 4.78 is 46.9. The van der Waals surface area contributed by atoms with E-state index in [0.717, 1.165) is 16.8 Å². The molecule has 36 heavy (non-hydrogen) atoms. The molecule has 0 aliphatic carbocycles. The van der Waals surface area contributed by atoms with Crippen molar-refractivity contribution >= 4 is 17.0 Å². The molecule has 2 N–H and O–H groups in total. The number of halogens is 3. The molecule has 12 heteroatoms. The van der Waals surface area contributed by atoms with Crippen LogP contribution in [-0.4, -0.2) is 31.7 Å². The van der Waals surface area contributed by atoms with Gasteiger partial charge >= 0.3 is 23.5 Å². The zero-order chi connectivity index (χ0) is 26.4. The van der Waals surface area contributed by atoms with Crippen LogP contribution in [0.5, 0.6) is 0 Å². The van der Waals surface area contributed by atoms with Crippen LogP contribution < -0.4 is 16.9 Å². The number of rotatable bonds is 5. The van der Waals surface area contributed by atoms with Crippen LogP contribution in [0.2, 0.25) is 0 Å². The summed E-state index contributed by atoms with van der Waals surface area (Å²) in [5.41, 5.74) is -2.15. The van der Waals surface area contributed by atoms with Crippen molar-refractivity contribution in [3.8, 4) is 5.69 Å². The molecular weight excluding hydrogens is 481 g/mol. The average Bonchev–Trinajstić information content (AvgIpc) is 3.15. The summed E-state index contributed by atoms with van der Waals surface area (Å²) in [6, 6.07) is 6.56.